The van der Waals surface area contributed by atoms with Crippen LogP contribution >= 0.6 is 11.6 Å². The highest BCUT2D eigenvalue weighted by Crippen LogP contribution is 2.33. The van der Waals surface area contributed by atoms with Gasteiger partial charge in [-0.3, -0.25) is 9.59 Å². The van der Waals surface area contributed by atoms with Gasteiger partial charge in [0.25, 0.3) is 5.91 Å². The third-order valence-electron chi connectivity index (χ3n) is 6.06. The lowest BCUT2D eigenvalue weighted by molar-refractivity contribution is -0.116. The predicted octanol–water partition coefficient (Wildman–Crippen LogP) is 4.53. The lowest BCUT2D eigenvalue weighted by Crippen LogP contribution is -2.40. The number of hydrogen-bond acceptors (Lipinski definition) is 6. The highest BCUT2D eigenvalue weighted by atomic mass is 35.5. The third-order valence-corrected chi connectivity index (χ3v) is 6.34. The van der Waals surface area contributed by atoms with Crippen molar-refractivity contribution in [2.75, 3.05) is 32.0 Å². The van der Waals surface area contributed by atoms with Crippen LogP contribution in [0.5, 0.6) is 0 Å². The van der Waals surface area contributed by atoms with Crippen LogP contribution in [0.1, 0.15) is 21.7 Å². The van der Waals surface area contributed by atoms with Crippen molar-refractivity contribution in [1.29, 1.82) is 0 Å². The first-order chi connectivity index (χ1) is 18.0. The van der Waals surface area contributed by atoms with E-state index in [0.29, 0.717) is 54.1 Å². The number of morpholine rings is 1. The molecule has 5 rings (SSSR count). The Balaban J connectivity index is 1.26. The van der Waals surface area contributed by atoms with Gasteiger partial charge in [-0.15, -0.1) is 0 Å². The highest BCUT2D eigenvalue weighted by molar-refractivity contribution is 6.35. The largest absolute Gasteiger partial charge is 0.458 e. The predicted molar refractivity (Wildman–Crippen MR) is 143 cm³/mol. The number of rotatable bonds is 6. The smallest absolute Gasteiger partial charge is 0.254 e. The first-order valence-corrected chi connectivity index (χ1v) is 12.2. The first kappa shape index (κ1) is 24.5. The number of nitrogens with zero attached hydrogens (tertiary/aromatic N) is 2. The standard InChI is InChI=1S/C28H25ClN4O4/c29-24-15-21(19-3-5-20(6-4-19)28(35)33-9-11-36-12-10-33)13-22-14-23(37-27(22)24)17-32-26(34)8-2-18-1-7-25(30)31-16-18/h1-8,13-16H,9-12,17H2,(H2,30,31)(H,32,34). The number of benzene rings is 2. The zero-order valence-electron chi connectivity index (χ0n) is 19.9. The number of furan rings is 1. The maximum absolute atomic E-state index is 12.7. The molecule has 0 atom stereocenters. The van der Waals surface area contributed by atoms with Gasteiger partial charge in [0.1, 0.15) is 11.6 Å². The number of aromatic nitrogens is 1. The molecule has 8 nitrogen and oxygen atoms in total. The molecule has 9 heteroatoms. The molecule has 0 unspecified atom stereocenters. The summed E-state index contributed by atoms with van der Waals surface area (Å²) in [6, 6.07) is 16.6. The van der Waals surface area contributed by atoms with Crippen LogP contribution in [-0.2, 0) is 16.1 Å². The summed E-state index contributed by atoms with van der Waals surface area (Å²) in [6.45, 7) is 2.55. The number of nitrogens with one attached hydrogen (secondary N) is 1. The van der Waals surface area contributed by atoms with Crippen LogP contribution in [0.25, 0.3) is 28.2 Å². The van der Waals surface area contributed by atoms with Crippen molar-refractivity contribution >= 4 is 46.3 Å². The van der Waals surface area contributed by atoms with Gasteiger partial charge in [-0.2, -0.15) is 0 Å². The van der Waals surface area contributed by atoms with Gasteiger partial charge in [-0.05, 0) is 65.2 Å². The van der Waals surface area contributed by atoms with Crippen molar-refractivity contribution in [3.05, 3.63) is 88.8 Å². The molecule has 0 bridgehead atoms. The Hall–Kier alpha value is -4.14. The van der Waals surface area contributed by atoms with E-state index in [2.05, 4.69) is 10.3 Å². The van der Waals surface area contributed by atoms with E-state index in [-0.39, 0.29) is 18.4 Å². The molecular formula is C28H25ClN4O4. The highest BCUT2D eigenvalue weighted by Gasteiger charge is 2.18. The van der Waals surface area contributed by atoms with E-state index < -0.39 is 0 Å². The molecule has 0 aliphatic carbocycles. The van der Waals surface area contributed by atoms with Gasteiger partial charge in [0.15, 0.2) is 5.58 Å². The van der Waals surface area contributed by atoms with Crippen molar-refractivity contribution in [3.8, 4) is 11.1 Å². The first-order valence-electron chi connectivity index (χ1n) is 11.8. The molecule has 188 valence electrons. The van der Waals surface area contributed by atoms with Crippen LogP contribution < -0.4 is 11.1 Å². The Bertz CT molecular complexity index is 1460. The molecule has 0 radical (unpaired) electrons. The normalized spacial score (nSPS) is 13.8. The summed E-state index contributed by atoms with van der Waals surface area (Å²) in [5.41, 5.74) is 9.37. The number of carbonyl (C=O) groups excluding carboxylic acids is 2. The average molecular weight is 517 g/mol. The van der Waals surface area contributed by atoms with E-state index in [1.54, 1.807) is 29.3 Å². The summed E-state index contributed by atoms with van der Waals surface area (Å²) >= 11 is 6.52. The molecule has 2 amide bonds. The number of amides is 2. The Kier molecular flexibility index (Phi) is 7.20. The van der Waals surface area contributed by atoms with Crippen molar-refractivity contribution in [2.45, 2.75) is 6.54 Å². The topological polar surface area (TPSA) is 111 Å². The summed E-state index contributed by atoms with van der Waals surface area (Å²) in [6.07, 6.45) is 4.67. The van der Waals surface area contributed by atoms with Gasteiger partial charge in [0.05, 0.1) is 24.8 Å². The average Bonchev–Trinajstić information content (AvgIpc) is 3.35. The van der Waals surface area contributed by atoms with Crippen LogP contribution in [0.2, 0.25) is 5.02 Å². The third kappa shape index (κ3) is 5.82. The molecular weight excluding hydrogens is 492 g/mol. The van der Waals surface area contributed by atoms with Crippen LogP contribution in [0.15, 0.2) is 71.3 Å². The number of halogens is 1. The lowest BCUT2D eigenvalue weighted by Gasteiger charge is -2.26. The van der Waals surface area contributed by atoms with E-state index >= 15 is 0 Å². The Morgan fingerprint density at radius 3 is 2.57 bits per heavy atom. The van der Waals surface area contributed by atoms with Crippen LogP contribution in [0.3, 0.4) is 0 Å². The summed E-state index contributed by atoms with van der Waals surface area (Å²) < 4.78 is 11.2. The fraction of sp³-hybridized carbons (Fsp3) is 0.179. The molecule has 2 aromatic carbocycles. The maximum Gasteiger partial charge on any atom is 0.254 e. The summed E-state index contributed by atoms with van der Waals surface area (Å²) in [5.74, 6) is 0.737. The number of pyridine rings is 1. The zero-order chi connectivity index (χ0) is 25.8. The zero-order valence-corrected chi connectivity index (χ0v) is 20.7. The second kappa shape index (κ2) is 10.9. The molecule has 0 spiro atoms. The van der Waals surface area contributed by atoms with Gasteiger partial charge >= 0.3 is 0 Å². The van der Waals surface area contributed by atoms with E-state index in [0.717, 1.165) is 22.1 Å². The molecule has 1 aliphatic heterocycles. The van der Waals surface area contributed by atoms with Crippen LogP contribution in [0, 0.1) is 0 Å². The Labute approximate surface area is 218 Å². The molecule has 1 saturated heterocycles. The number of carbonyl (C=O) groups is 2. The number of nitrogens with two attached hydrogens (primary N) is 1. The second-order valence-electron chi connectivity index (χ2n) is 8.64. The van der Waals surface area contributed by atoms with Crippen molar-refractivity contribution < 1.29 is 18.7 Å². The second-order valence-corrected chi connectivity index (χ2v) is 9.05. The molecule has 1 fully saturated rings. The number of fused-ring (bicyclic) bond motifs is 1. The quantitative estimate of drug-likeness (QED) is 0.364. The molecule has 2 aromatic heterocycles. The Morgan fingerprint density at radius 1 is 1.05 bits per heavy atom. The summed E-state index contributed by atoms with van der Waals surface area (Å²) in [4.78, 5) is 30.7. The van der Waals surface area contributed by atoms with Gasteiger partial charge in [-0.1, -0.05) is 23.7 Å². The van der Waals surface area contributed by atoms with Gasteiger partial charge < -0.3 is 25.1 Å². The lowest BCUT2D eigenvalue weighted by atomic mass is 10.0. The van der Waals surface area contributed by atoms with E-state index in [1.165, 1.54) is 6.08 Å². The fourth-order valence-electron chi connectivity index (χ4n) is 4.09. The number of nitrogen functional groups attached to an aromatic ring is 1. The van der Waals surface area contributed by atoms with E-state index in [1.807, 2.05) is 42.5 Å². The molecule has 4 aromatic rings. The minimum Gasteiger partial charge on any atom is -0.458 e. The van der Waals surface area contributed by atoms with Gasteiger partial charge in [0, 0.05) is 36.3 Å². The van der Waals surface area contributed by atoms with Crippen molar-refractivity contribution in [3.63, 3.8) is 0 Å². The van der Waals surface area contributed by atoms with Crippen molar-refractivity contribution in [2.24, 2.45) is 0 Å². The maximum atomic E-state index is 12.7. The van der Waals surface area contributed by atoms with E-state index in [4.69, 9.17) is 26.5 Å². The Morgan fingerprint density at radius 2 is 1.84 bits per heavy atom. The molecule has 0 saturated carbocycles. The van der Waals surface area contributed by atoms with Crippen LogP contribution in [-0.4, -0.2) is 48.0 Å². The van der Waals surface area contributed by atoms with Gasteiger partial charge in [-0.25, -0.2) is 4.98 Å². The van der Waals surface area contributed by atoms with E-state index in [9.17, 15) is 9.59 Å². The summed E-state index contributed by atoms with van der Waals surface area (Å²) in [7, 11) is 0. The molecule has 1 aliphatic rings. The fourth-order valence-corrected chi connectivity index (χ4v) is 4.36. The number of hydrogen-bond donors (Lipinski definition) is 2. The van der Waals surface area contributed by atoms with Crippen LogP contribution in [0.4, 0.5) is 5.82 Å². The minimum absolute atomic E-state index is 0.00448. The number of anilines is 1. The molecule has 3 heterocycles. The molecule has 3 N–H and O–H groups in total. The molecule has 37 heavy (non-hydrogen) atoms. The summed E-state index contributed by atoms with van der Waals surface area (Å²) in [5, 5.41) is 4.09. The van der Waals surface area contributed by atoms with Gasteiger partial charge in [0.2, 0.25) is 5.91 Å². The number of ether oxygens (including phenoxy) is 1. The SMILES string of the molecule is Nc1ccc(C=CC(=O)NCc2cc3cc(-c4ccc(C(=O)N5CCOCC5)cc4)cc(Cl)c3o2)cn1. The van der Waals surface area contributed by atoms with Crippen molar-refractivity contribution in [1.82, 2.24) is 15.2 Å². The minimum atomic E-state index is -0.268. The monoisotopic (exact) mass is 516 g/mol.